The number of carbonyl (C=O) groups excluding carboxylic acids is 2. The molecule has 2 fully saturated rings. The average molecular weight is 388 g/mol. The summed E-state index contributed by atoms with van der Waals surface area (Å²) in [7, 11) is 1.21. The predicted octanol–water partition coefficient (Wildman–Crippen LogP) is -1.94. The standard InChI is InChI=1S/C17H24O10/c1-6-3-8(19)11-7(15(23)24-2)5-25-16(10(6)11)27-17-14(22)13(21)12(20)9(4-18)26-17/h5-6,9-14,16-18,20-22H,3-4H2,1-2H3/t6-,9+,10+,11-,12+,13+,14-,16?,17?/m0/s1. The first-order chi connectivity index (χ1) is 12.8. The second-order valence-corrected chi connectivity index (χ2v) is 7.11. The molecule has 0 bridgehead atoms. The molecule has 0 spiro atoms. The van der Waals surface area contributed by atoms with Gasteiger partial charge in [-0.15, -0.1) is 0 Å². The highest BCUT2D eigenvalue weighted by Crippen LogP contribution is 2.45. The van der Waals surface area contributed by atoms with Crippen LogP contribution in [0.4, 0.5) is 0 Å². The molecule has 0 radical (unpaired) electrons. The van der Waals surface area contributed by atoms with Gasteiger partial charge in [-0.05, 0) is 5.92 Å². The van der Waals surface area contributed by atoms with E-state index in [4.69, 9.17) is 18.9 Å². The summed E-state index contributed by atoms with van der Waals surface area (Å²) in [5, 5.41) is 39.1. The maximum Gasteiger partial charge on any atom is 0.337 e. The Morgan fingerprint density at radius 3 is 2.56 bits per heavy atom. The summed E-state index contributed by atoms with van der Waals surface area (Å²) in [5.74, 6) is -2.28. The molecule has 9 atom stereocenters. The number of esters is 1. The van der Waals surface area contributed by atoms with Crippen LogP contribution in [0.5, 0.6) is 0 Å². The van der Waals surface area contributed by atoms with Gasteiger partial charge in [0.2, 0.25) is 6.29 Å². The van der Waals surface area contributed by atoms with Gasteiger partial charge in [-0.1, -0.05) is 6.92 Å². The zero-order chi connectivity index (χ0) is 19.9. The SMILES string of the molecule is COC(=O)C1=COC(OC2O[C@H](CO)[C@@H](O)[C@@H](O)[C@@H]2O)[C@H]2[C@@H]1C(=O)C[C@@H]2C. The molecular formula is C17H24O10. The first-order valence-corrected chi connectivity index (χ1v) is 8.72. The van der Waals surface area contributed by atoms with Crippen LogP contribution in [0, 0.1) is 17.8 Å². The summed E-state index contributed by atoms with van der Waals surface area (Å²) in [6.07, 6.45) is -6.93. The number of carbonyl (C=O) groups is 2. The smallest absolute Gasteiger partial charge is 0.337 e. The van der Waals surface area contributed by atoms with Crippen molar-refractivity contribution in [1.82, 2.24) is 0 Å². The van der Waals surface area contributed by atoms with E-state index in [0.717, 1.165) is 6.26 Å². The lowest BCUT2D eigenvalue weighted by Gasteiger charge is -2.42. The van der Waals surface area contributed by atoms with Crippen molar-refractivity contribution < 1.29 is 49.0 Å². The van der Waals surface area contributed by atoms with Gasteiger partial charge in [-0.2, -0.15) is 0 Å². The number of hydrogen-bond acceptors (Lipinski definition) is 10. The van der Waals surface area contributed by atoms with E-state index in [2.05, 4.69) is 0 Å². The van der Waals surface area contributed by atoms with Crippen LogP contribution in [0.25, 0.3) is 0 Å². The molecule has 0 aromatic rings. The van der Waals surface area contributed by atoms with Crippen molar-refractivity contribution in [3.8, 4) is 0 Å². The first-order valence-electron chi connectivity index (χ1n) is 8.72. The molecule has 1 saturated carbocycles. The van der Waals surface area contributed by atoms with E-state index in [1.165, 1.54) is 7.11 Å². The van der Waals surface area contributed by atoms with Crippen LogP contribution in [0.2, 0.25) is 0 Å². The lowest BCUT2D eigenvalue weighted by Crippen LogP contribution is -2.60. The third-order valence-electron chi connectivity index (χ3n) is 5.43. The number of aliphatic hydroxyl groups excluding tert-OH is 4. The third kappa shape index (κ3) is 3.48. The lowest BCUT2D eigenvalue weighted by atomic mass is 9.83. The molecule has 0 aromatic heterocycles. The number of Topliss-reactive ketones (excluding diaryl/α,β-unsaturated/α-hetero) is 1. The first kappa shape index (κ1) is 20.2. The Kier molecular flexibility index (Phi) is 5.84. The van der Waals surface area contributed by atoms with E-state index >= 15 is 0 Å². The largest absolute Gasteiger partial charge is 0.472 e. The molecule has 0 aromatic carbocycles. The van der Waals surface area contributed by atoms with Crippen molar-refractivity contribution in [1.29, 1.82) is 0 Å². The van der Waals surface area contributed by atoms with Gasteiger partial charge in [-0.3, -0.25) is 4.79 Å². The zero-order valence-electron chi connectivity index (χ0n) is 14.9. The van der Waals surface area contributed by atoms with Crippen LogP contribution in [-0.2, 0) is 28.5 Å². The molecule has 4 N–H and O–H groups in total. The molecule has 152 valence electrons. The zero-order valence-corrected chi connectivity index (χ0v) is 14.9. The minimum absolute atomic E-state index is 0.102. The van der Waals surface area contributed by atoms with Crippen LogP contribution in [0.1, 0.15) is 13.3 Å². The maximum atomic E-state index is 12.4. The van der Waals surface area contributed by atoms with Crippen LogP contribution in [0.15, 0.2) is 11.8 Å². The molecule has 10 nitrogen and oxygen atoms in total. The number of methoxy groups -OCH3 is 1. The number of hydrogen-bond donors (Lipinski definition) is 4. The minimum atomic E-state index is -1.59. The maximum absolute atomic E-state index is 12.4. The molecule has 10 heteroatoms. The highest BCUT2D eigenvalue weighted by molar-refractivity contribution is 5.99. The lowest BCUT2D eigenvalue weighted by molar-refractivity contribution is -0.342. The molecular weight excluding hydrogens is 364 g/mol. The number of ether oxygens (including phenoxy) is 4. The van der Waals surface area contributed by atoms with Gasteiger partial charge in [0, 0.05) is 12.3 Å². The number of ketones is 1. The Morgan fingerprint density at radius 1 is 1.22 bits per heavy atom. The molecule has 27 heavy (non-hydrogen) atoms. The fourth-order valence-electron chi connectivity index (χ4n) is 3.96. The van der Waals surface area contributed by atoms with Gasteiger partial charge >= 0.3 is 5.97 Å². The van der Waals surface area contributed by atoms with Crippen molar-refractivity contribution in [2.75, 3.05) is 13.7 Å². The van der Waals surface area contributed by atoms with Crippen LogP contribution < -0.4 is 0 Å². The van der Waals surface area contributed by atoms with Crippen LogP contribution in [-0.4, -0.2) is 82.9 Å². The normalized spacial score (nSPS) is 44.3. The highest BCUT2D eigenvalue weighted by Gasteiger charge is 2.54. The van der Waals surface area contributed by atoms with E-state index < -0.39 is 61.4 Å². The Labute approximate surface area is 155 Å². The summed E-state index contributed by atoms with van der Waals surface area (Å²) in [5.41, 5.74) is 0.102. The molecule has 1 saturated heterocycles. The van der Waals surface area contributed by atoms with Crippen LogP contribution in [0.3, 0.4) is 0 Å². The van der Waals surface area contributed by atoms with Crippen molar-refractivity contribution in [2.24, 2.45) is 17.8 Å². The Bertz CT molecular complexity index is 617. The third-order valence-corrected chi connectivity index (χ3v) is 5.43. The topological polar surface area (TPSA) is 152 Å². The molecule has 2 heterocycles. The van der Waals surface area contributed by atoms with E-state index in [0.29, 0.717) is 0 Å². The van der Waals surface area contributed by atoms with Gasteiger partial charge in [0.05, 0.1) is 31.5 Å². The molecule has 2 aliphatic heterocycles. The van der Waals surface area contributed by atoms with Crippen LogP contribution >= 0.6 is 0 Å². The van der Waals surface area contributed by atoms with Gasteiger partial charge in [-0.25, -0.2) is 4.79 Å². The average Bonchev–Trinajstić information content (AvgIpc) is 2.96. The fourth-order valence-corrected chi connectivity index (χ4v) is 3.96. The van der Waals surface area contributed by atoms with Gasteiger partial charge in [0.15, 0.2) is 6.29 Å². The number of rotatable bonds is 4. The van der Waals surface area contributed by atoms with Gasteiger partial charge in [0.1, 0.15) is 30.2 Å². The van der Waals surface area contributed by atoms with E-state index in [1.54, 1.807) is 0 Å². The summed E-state index contributed by atoms with van der Waals surface area (Å²) in [4.78, 5) is 24.4. The number of fused-ring (bicyclic) bond motifs is 1. The highest BCUT2D eigenvalue weighted by atomic mass is 16.8. The van der Waals surface area contributed by atoms with E-state index in [-0.39, 0.29) is 23.7 Å². The van der Waals surface area contributed by atoms with Crippen molar-refractivity contribution in [2.45, 2.75) is 50.3 Å². The summed E-state index contributed by atoms with van der Waals surface area (Å²) in [6, 6.07) is 0. The molecule has 2 unspecified atom stereocenters. The van der Waals surface area contributed by atoms with Crippen molar-refractivity contribution in [3.63, 3.8) is 0 Å². The van der Waals surface area contributed by atoms with E-state index in [9.17, 15) is 30.0 Å². The summed E-state index contributed by atoms with van der Waals surface area (Å²) in [6.45, 7) is 1.22. The van der Waals surface area contributed by atoms with E-state index in [1.807, 2.05) is 6.92 Å². The molecule has 0 amide bonds. The molecule has 3 aliphatic rings. The fraction of sp³-hybridized carbons (Fsp3) is 0.765. The number of aliphatic hydroxyl groups is 4. The minimum Gasteiger partial charge on any atom is -0.472 e. The van der Waals surface area contributed by atoms with Crippen molar-refractivity contribution in [3.05, 3.63) is 11.8 Å². The second kappa shape index (κ2) is 7.82. The van der Waals surface area contributed by atoms with Gasteiger partial charge in [0.25, 0.3) is 0 Å². The Balaban J connectivity index is 1.82. The second-order valence-electron chi connectivity index (χ2n) is 7.11. The molecule has 3 rings (SSSR count). The molecule has 1 aliphatic carbocycles. The summed E-state index contributed by atoms with van der Waals surface area (Å²) >= 11 is 0. The Hall–Kier alpha value is -1.56. The predicted molar refractivity (Wildman–Crippen MR) is 85.6 cm³/mol. The van der Waals surface area contributed by atoms with Gasteiger partial charge < -0.3 is 39.4 Å². The Morgan fingerprint density at radius 2 is 1.93 bits per heavy atom. The summed E-state index contributed by atoms with van der Waals surface area (Å²) < 4.78 is 21.2. The quantitative estimate of drug-likeness (QED) is 0.400. The van der Waals surface area contributed by atoms with Crippen molar-refractivity contribution >= 4 is 11.8 Å². The monoisotopic (exact) mass is 388 g/mol.